The normalized spacial score (nSPS) is 16.9. The van der Waals surface area contributed by atoms with Crippen LogP contribution in [-0.2, 0) is 11.9 Å². The number of anilines is 1. The molecule has 8 heteroatoms. The van der Waals surface area contributed by atoms with Gasteiger partial charge in [-0.25, -0.2) is 5.48 Å². The number of halogens is 1. The second-order valence-electron chi connectivity index (χ2n) is 7.00. The minimum Gasteiger partial charge on any atom is -0.394 e. The first-order valence-corrected chi connectivity index (χ1v) is 9.60. The van der Waals surface area contributed by atoms with Crippen molar-refractivity contribution < 1.29 is 14.7 Å². The molecule has 1 atom stereocenters. The number of rotatable bonds is 7. The molecule has 2 aromatic rings. The summed E-state index contributed by atoms with van der Waals surface area (Å²) in [5, 5.41) is 13.8. The number of aryl methyl sites for hydroxylation is 1. The van der Waals surface area contributed by atoms with Crippen LogP contribution in [0, 0.1) is 5.92 Å². The van der Waals surface area contributed by atoms with Crippen molar-refractivity contribution in [3.05, 3.63) is 46.9 Å². The van der Waals surface area contributed by atoms with Gasteiger partial charge in [0, 0.05) is 29.9 Å². The molecule has 0 saturated carbocycles. The summed E-state index contributed by atoms with van der Waals surface area (Å²) in [7, 11) is 1.81. The van der Waals surface area contributed by atoms with Crippen molar-refractivity contribution in [2.24, 2.45) is 13.0 Å². The maximum atomic E-state index is 12.7. The highest BCUT2D eigenvalue weighted by atomic mass is 35.5. The van der Waals surface area contributed by atoms with Gasteiger partial charge in [-0.15, -0.1) is 0 Å². The number of amides is 1. The number of aliphatic hydroxyl groups excluding tert-OH is 1. The molecule has 1 aliphatic rings. The Morgan fingerprint density at radius 2 is 2.29 bits per heavy atom. The molecule has 2 aromatic heterocycles. The molecule has 7 nitrogen and oxygen atoms in total. The van der Waals surface area contributed by atoms with Crippen LogP contribution in [0.4, 0.5) is 5.69 Å². The minimum absolute atomic E-state index is 0.0139. The third kappa shape index (κ3) is 4.06. The third-order valence-corrected chi connectivity index (χ3v) is 5.16. The number of hydrogen-bond acceptors (Lipinski definition) is 5. The maximum absolute atomic E-state index is 12.7. The Balaban J connectivity index is 1.95. The lowest BCUT2D eigenvalue weighted by molar-refractivity contribution is 0.0163. The Kier molecular flexibility index (Phi) is 6.39. The molecule has 150 valence electrons. The number of nitrogens with one attached hydrogen (secondary N) is 2. The molecule has 0 aromatic carbocycles. The molecule has 0 bridgehead atoms. The predicted molar refractivity (Wildman–Crippen MR) is 110 cm³/mol. The van der Waals surface area contributed by atoms with Crippen LogP contribution < -0.4 is 10.8 Å². The number of fused-ring (bicyclic) bond motifs is 1. The number of hydroxylamine groups is 1. The quantitative estimate of drug-likeness (QED) is 0.487. The number of hydrogen-bond donors (Lipinski definition) is 3. The van der Waals surface area contributed by atoms with Gasteiger partial charge in [-0.2, -0.15) is 0 Å². The van der Waals surface area contributed by atoms with E-state index in [9.17, 15) is 4.79 Å². The van der Waals surface area contributed by atoms with E-state index in [0.29, 0.717) is 22.3 Å². The average Bonchev–Trinajstić information content (AvgIpc) is 2.95. The summed E-state index contributed by atoms with van der Waals surface area (Å²) < 4.78 is 1.78. The smallest absolute Gasteiger partial charge is 0.293 e. The summed E-state index contributed by atoms with van der Waals surface area (Å²) >= 11 is 6.55. The van der Waals surface area contributed by atoms with Gasteiger partial charge in [0.15, 0.2) is 0 Å². The van der Waals surface area contributed by atoms with E-state index in [2.05, 4.69) is 35.7 Å². The van der Waals surface area contributed by atoms with E-state index in [-0.39, 0.29) is 19.3 Å². The number of carbonyl (C=O) groups excluding carboxylic acids is 1. The molecule has 2 heterocycles. The number of aromatic nitrogens is 2. The van der Waals surface area contributed by atoms with Crippen LogP contribution in [0.5, 0.6) is 0 Å². The predicted octanol–water partition coefficient (Wildman–Crippen LogP) is 3.12. The fourth-order valence-electron chi connectivity index (χ4n) is 3.30. The van der Waals surface area contributed by atoms with Crippen molar-refractivity contribution in [1.82, 2.24) is 15.0 Å². The molecule has 0 aliphatic heterocycles. The molecular weight excluding hydrogens is 380 g/mol. The van der Waals surface area contributed by atoms with Crippen molar-refractivity contribution >= 4 is 34.1 Å². The van der Waals surface area contributed by atoms with Gasteiger partial charge in [0.25, 0.3) is 5.91 Å². The zero-order valence-corrected chi connectivity index (χ0v) is 17.0. The van der Waals surface area contributed by atoms with E-state index in [1.165, 1.54) is 5.57 Å². The molecule has 0 spiro atoms. The monoisotopic (exact) mass is 404 g/mol. The Bertz CT molecular complexity index is 933. The van der Waals surface area contributed by atoms with Crippen LogP contribution >= 0.6 is 11.6 Å². The van der Waals surface area contributed by atoms with Crippen molar-refractivity contribution in [1.29, 1.82) is 0 Å². The highest BCUT2D eigenvalue weighted by Crippen LogP contribution is 2.34. The van der Waals surface area contributed by atoms with Crippen LogP contribution in [0.1, 0.15) is 30.8 Å². The molecule has 1 amide bonds. The zero-order valence-electron chi connectivity index (χ0n) is 16.2. The molecule has 0 fully saturated rings. The fraction of sp³-hybridized carbons (Fsp3) is 0.400. The van der Waals surface area contributed by atoms with E-state index in [0.717, 1.165) is 17.3 Å². The Hall–Kier alpha value is -2.35. The highest BCUT2D eigenvalue weighted by Gasteiger charge is 2.25. The zero-order chi connectivity index (χ0) is 20.3. The maximum Gasteiger partial charge on any atom is 0.293 e. The topological polar surface area (TPSA) is 88.4 Å². The molecule has 3 N–H and O–H groups in total. The third-order valence-electron chi connectivity index (χ3n) is 4.79. The summed E-state index contributed by atoms with van der Waals surface area (Å²) in [5.41, 5.74) is 5.49. The summed E-state index contributed by atoms with van der Waals surface area (Å²) in [4.78, 5) is 21.9. The summed E-state index contributed by atoms with van der Waals surface area (Å²) in [6, 6.07) is 1.71. The van der Waals surface area contributed by atoms with Crippen molar-refractivity contribution in [2.45, 2.75) is 26.3 Å². The van der Waals surface area contributed by atoms with Crippen LogP contribution in [0.3, 0.4) is 0 Å². The van der Waals surface area contributed by atoms with E-state index in [1.54, 1.807) is 17.0 Å². The average molecular weight is 405 g/mol. The summed E-state index contributed by atoms with van der Waals surface area (Å²) in [6.07, 6.45) is 8.28. The number of carbonyl (C=O) groups is 1. The van der Waals surface area contributed by atoms with Gasteiger partial charge in [0.05, 0.1) is 30.5 Å². The molecule has 0 radical (unpaired) electrons. The molecule has 1 unspecified atom stereocenters. The van der Waals surface area contributed by atoms with Gasteiger partial charge in [-0.1, -0.05) is 31.5 Å². The van der Waals surface area contributed by atoms with E-state index < -0.39 is 5.91 Å². The van der Waals surface area contributed by atoms with Crippen LogP contribution in [0.25, 0.3) is 10.9 Å². The number of aliphatic hydroxyl groups is 1. The number of pyridine rings is 1. The Labute approximate surface area is 169 Å². The number of allylic oxidation sites excluding steroid dienone is 2. The van der Waals surface area contributed by atoms with E-state index in [1.807, 2.05) is 19.2 Å². The summed E-state index contributed by atoms with van der Waals surface area (Å²) in [6.45, 7) is 4.09. The Morgan fingerprint density at radius 1 is 1.50 bits per heavy atom. The standard InChI is InChI=1S/C20H25ClN4O3/c1-12(2)13-4-5-16(15(21)10-13)23-18-14-11-22-7-6-17(14)25(3)19(18)20(27)24-28-9-8-26/h4,6-7,10-12,16,23,26H,5,8-9H2,1-3H3,(H,24,27). The molecular formula is C20H25ClN4O3. The van der Waals surface area contributed by atoms with Crippen LogP contribution in [0.15, 0.2) is 41.2 Å². The van der Waals surface area contributed by atoms with Gasteiger partial charge in [-0.05, 0) is 30.1 Å². The van der Waals surface area contributed by atoms with Gasteiger partial charge in [0.1, 0.15) is 5.69 Å². The number of nitrogens with zero attached hydrogens (tertiary/aromatic N) is 2. The molecule has 28 heavy (non-hydrogen) atoms. The van der Waals surface area contributed by atoms with Gasteiger partial charge < -0.3 is 15.0 Å². The lowest BCUT2D eigenvalue weighted by Crippen LogP contribution is -2.29. The highest BCUT2D eigenvalue weighted by molar-refractivity contribution is 6.30. The molecule has 0 saturated heterocycles. The van der Waals surface area contributed by atoms with Gasteiger partial charge in [0.2, 0.25) is 0 Å². The van der Waals surface area contributed by atoms with E-state index >= 15 is 0 Å². The largest absolute Gasteiger partial charge is 0.394 e. The van der Waals surface area contributed by atoms with Crippen molar-refractivity contribution in [3.63, 3.8) is 0 Å². The van der Waals surface area contributed by atoms with Gasteiger partial charge >= 0.3 is 0 Å². The van der Waals surface area contributed by atoms with Crippen LogP contribution in [0.2, 0.25) is 0 Å². The minimum atomic E-state index is -0.413. The first-order valence-electron chi connectivity index (χ1n) is 9.23. The summed E-state index contributed by atoms with van der Waals surface area (Å²) in [5.74, 6) is -0.00885. The fourth-order valence-corrected chi connectivity index (χ4v) is 3.57. The van der Waals surface area contributed by atoms with Gasteiger partial charge in [-0.3, -0.25) is 14.6 Å². The first kappa shape index (κ1) is 20.4. The van der Waals surface area contributed by atoms with Crippen molar-refractivity contribution in [3.8, 4) is 0 Å². The lowest BCUT2D eigenvalue weighted by atomic mass is 9.94. The van der Waals surface area contributed by atoms with Crippen LogP contribution in [-0.4, -0.2) is 39.8 Å². The molecule has 1 aliphatic carbocycles. The Morgan fingerprint density at radius 3 is 2.96 bits per heavy atom. The first-order chi connectivity index (χ1) is 13.4. The second-order valence-corrected chi connectivity index (χ2v) is 7.44. The lowest BCUT2D eigenvalue weighted by Gasteiger charge is -2.24. The van der Waals surface area contributed by atoms with Crippen molar-refractivity contribution in [2.75, 3.05) is 18.5 Å². The second kappa shape index (κ2) is 8.77. The molecule has 3 rings (SSSR count). The van der Waals surface area contributed by atoms with E-state index in [4.69, 9.17) is 21.5 Å². The SMILES string of the molecule is CC(C)C1=CCC(Nc2c(C(=O)NOCCO)n(C)c3ccncc23)C(Cl)=C1.